The largest absolute Gasteiger partial charge is 0.508 e. The molecule has 0 radical (unpaired) electrons. The number of phenols is 1. The van der Waals surface area contributed by atoms with Crippen LogP contribution in [0.3, 0.4) is 0 Å². The summed E-state index contributed by atoms with van der Waals surface area (Å²) in [4.78, 5) is 11.3. The zero-order chi connectivity index (χ0) is 11.3. The Morgan fingerprint density at radius 1 is 1.47 bits per heavy atom. The Labute approximate surface area is 90.1 Å². The first-order chi connectivity index (χ1) is 7.08. The maximum Gasteiger partial charge on any atom is 0.220 e. The molecule has 0 saturated heterocycles. The summed E-state index contributed by atoms with van der Waals surface area (Å²) in [5.74, 6) is 0.646. The Bertz CT molecular complexity index is 334. The number of benzene rings is 1. The molecule has 0 aromatic heterocycles. The standard InChI is InChI=1S/C12H17NO2/c1-9(2)6-12(15)13-8-10-4-3-5-11(14)7-10/h3-5,7,9,14H,6,8H2,1-2H3,(H,13,15). The SMILES string of the molecule is CC(C)CC(=O)NCc1cccc(O)c1. The third-order valence-electron chi connectivity index (χ3n) is 1.99. The predicted octanol–water partition coefficient (Wildman–Crippen LogP) is 2.05. The van der Waals surface area contributed by atoms with Gasteiger partial charge in [-0.1, -0.05) is 26.0 Å². The zero-order valence-electron chi connectivity index (χ0n) is 9.16. The van der Waals surface area contributed by atoms with E-state index in [0.717, 1.165) is 5.56 Å². The number of aromatic hydroxyl groups is 1. The topological polar surface area (TPSA) is 49.3 Å². The molecular formula is C12H17NO2. The van der Waals surface area contributed by atoms with E-state index in [4.69, 9.17) is 0 Å². The molecule has 3 heteroatoms. The number of carbonyl (C=O) groups is 1. The third-order valence-corrected chi connectivity index (χ3v) is 1.99. The van der Waals surface area contributed by atoms with Crippen LogP contribution in [-0.4, -0.2) is 11.0 Å². The van der Waals surface area contributed by atoms with Crippen LogP contribution in [0.15, 0.2) is 24.3 Å². The summed E-state index contributed by atoms with van der Waals surface area (Å²) in [6, 6.07) is 6.89. The Balaban J connectivity index is 2.40. The molecular weight excluding hydrogens is 190 g/mol. The van der Waals surface area contributed by atoms with E-state index < -0.39 is 0 Å². The van der Waals surface area contributed by atoms with Crippen LogP contribution in [0.25, 0.3) is 0 Å². The molecule has 0 aliphatic rings. The molecule has 1 rings (SSSR count). The first-order valence-corrected chi connectivity index (χ1v) is 5.12. The van der Waals surface area contributed by atoms with E-state index in [1.165, 1.54) is 0 Å². The Morgan fingerprint density at radius 3 is 2.80 bits per heavy atom. The van der Waals surface area contributed by atoms with Crippen molar-refractivity contribution >= 4 is 5.91 Å². The zero-order valence-corrected chi connectivity index (χ0v) is 9.16. The van der Waals surface area contributed by atoms with Crippen LogP contribution in [0, 0.1) is 5.92 Å². The Hall–Kier alpha value is -1.51. The van der Waals surface area contributed by atoms with Crippen molar-refractivity contribution in [3.05, 3.63) is 29.8 Å². The number of carbonyl (C=O) groups excluding carboxylic acids is 1. The number of hydrogen-bond acceptors (Lipinski definition) is 2. The fourth-order valence-electron chi connectivity index (χ4n) is 1.31. The summed E-state index contributed by atoms with van der Waals surface area (Å²) in [6.07, 6.45) is 0.540. The lowest BCUT2D eigenvalue weighted by Gasteiger charge is -2.07. The van der Waals surface area contributed by atoms with Crippen LogP contribution < -0.4 is 5.32 Å². The van der Waals surface area contributed by atoms with Crippen LogP contribution in [0.1, 0.15) is 25.8 Å². The highest BCUT2D eigenvalue weighted by Gasteiger charge is 2.04. The second kappa shape index (κ2) is 5.39. The fraction of sp³-hybridized carbons (Fsp3) is 0.417. The van der Waals surface area contributed by atoms with Gasteiger partial charge in [0.05, 0.1) is 0 Å². The number of rotatable bonds is 4. The van der Waals surface area contributed by atoms with Crippen molar-refractivity contribution in [3.8, 4) is 5.75 Å². The normalized spacial score (nSPS) is 10.3. The second-order valence-electron chi connectivity index (χ2n) is 4.04. The molecule has 0 spiro atoms. The molecule has 0 fully saturated rings. The quantitative estimate of drug-likeness (QED) is 0.794. The van der Waals surface area contributed by atoms with Gasteiger partial charge in [-0.3, -0.25) is 4.79 Å². The Kier molecular flexibility index (Phi) is 4.16. The van der Waals surface area contributed by atoms with Crippen LogP contribution in [-0.2, 0) is 11.3 Å². The van der Waals surface area contributed by atoms with Crippen LogP contribution in [0.4, 0.5) is 0 Å². The van der Waals surface area contributed by atoms with Gasteiger partial charge in [0.1, 0.15) is 5.75 Å². The minimum atomic E-state index is 0.0494. The number of phenolic OH excluding ortho intramolecular Hbond substituents is 1. The smallest absolute Gasteiger partial charge is 0.220 e. The molecule has 82 valence electrons. The van der Waals surface area contributed by atoms with Gasteiger partial charge in [0.15, 0.2) is 0 Å². The molecule has 0 saturated carbocycles. The van der Waals surface area contributed by atoms with E-state index in [9.17, 15) is 9.90 Å². The molecule has 1 aromatic carbocycles. The van der Waals surface area contributed by atoms with Crippen molar-refractivity contribution in [1.82, 2.24) is 5.32 Å². The summed E-state index contributed by atoms with van der Waals surface area (Å²) >= 11 is 0. The lowest BCUT2D eigenvalue weighted by atomic mass is 10.1. The summed E-state index contributed by atoms with van der Waals surface area (Å²) in [6.45, 7) is 4.49. The summed E-state index contributed by atoms with van der Waals surface area (Å²) < 4.78 is 0. The maximum absolute atomic E-state index is 11.3. The monoisotopic (exact) mass is 207 g/mol. The average molecular weight is 207 g/mol. The molecule has 1 amide bonds. The minimum Gasteiger partial charge on any atom is -0.508 e. The van der Waals surface area contributed by atoms with Gasteiger partial charge in [0.2, 0.25) is 5.91 Å². The third kappa shape index (κ3) is 4.49. The molecule has 3 nitrogen and oxygen atoms in total. The number of hydrogen-bond donors (Lipinski definition) is 2. The molecule has 1 aromatic rings. The van der Waals surface area contributed by atoms with Gasteiger partial charge in [-0.05, 0) is 23.6 Å². The van der Waals surface area contributed by atoms with E-state index in [0.29, 0.717) is 18.9 Å². The lowest BCUT2D eigenvalue weighted by molar-refractivity contribution is -0.121. The molecule has 0 aliphatic heterocycles. The molecule has 0 aliphatic carbocycles. The number of amides is 1. The highest BCUT2D eigenvalue weighted by molar-refractivity contribution is 5.76. The average Bonchev–Trinajstić information content (AvgIpc) is 2.14. The molecule has 15 heavy (non-hydrogen) atoms. The van der Waals surface area contributed by atoms with E-state index in [-0.39, 0.29) is 11.7 Å². The van der Waals surface area contributed by atoms with Crippen molar-refractivity contribution in [2.24, 2.45) is 5.92 Å². The maximum atomic E-state index is 11.3. The second-order valence-corrected chi connectivity index (χ2v) is 4.04. The van der Waals surface area contributed by atoms with E-state index >= 15 is 0 Å². The molecule has 2 N–H and O–H groups in total. The van der Waals surface area contributed by atoms with Crippen molar-refractivity contribution < 1.29 is 9.90 Å². The van der Waals surface area contributed by atoms with E-state index in [1.807, 2.05) is 19.9 Å². The van der Waals surface area contributed by atoms with Gasteiger partial charge in [-0.2, -0.15) is 0 Å². The van der Waals surface area contributed by atoms with Crippen molar-refractivity contribution in [2.75, 3.05) is 0 Å². The molecule has 0 unspecified atom stereocenters. The van der Waals surface area contributed by atoms with Crippen LogP contribution >= 0.6 is 0 Å². The van der Waals surface area contributed by atoms with Crippen LogP contribution in [0.2, 0.25) is 0 Å². The van der Waals surface area contributed by atoms with Crippen molar-refractivity contribution in [2.45, 2.75) is 26.8 Å². The molecule has 0 bridgehead atoms. The Morgan fingerprint density at radius 2 is 2.20 bits per heavy atom. The van der Waals surface area contributed by atoms with E-state index in [1.54, 1.807) is 18.2 Å². The fourth-order valence-corrected chi connectivity index (χ4v) is 1.31. The van der Waals surface area contributed by atoms with E-state index in [2.05, 4.69) is 5.32 Å². The predicted molar refractivity (Wildman–Crippen MR) is 59.4 cm³/mol. The minimum absolute atomic E-state index is 0.0494. The van der Waals surface area contributed by atoms with Gasteiger partial charge in [-0.15, -0.1) is 0 Å². The highest BCUT2D eigenvalue weighted by atomic mass is 16.3. The lowest BCUT2D eigenvalue weighted by Crippen LogP contribution is -2.23. The molecule has 0 heterocycles. The van der Waals surface area contributed by atoms with Gasteiger partial charge in [-0.25, -0.2) is 0 Å². The van der Waals surface area contributed by atoms with Gasteiger partial charge < -0.3 is 10.4 Å². The van der Waals surface area contributed by atoms with Gasteiger partial charge in [0.25, 0.3) is 0 Å². The molecule has 0 atom stereocenters. The van der Waals surface area contributed by atoms with Gasteiger partial charge >= 0.3 is 0 Å². The first kappa shape index (κ1) is 11.6. The first-order valence-electron chi connectivity index (χ1n) is 5.12. The van der Waals surface area contributed by atoms with Gasteiger partial charge in [0, 0.05) is 13.0 Å². The highest BCUT2D eigenvalue weighted by Crippen LogP contribution is 2.10. The van der Waals surface area contributed by atoms with Crippen molar-refractivity contribution in [1.29, 1.82) is 0 Å². The summed E-state index contributed by atoms with van der Waals surface area (Å²) in [5, 5.41) is 12.0. The van der Waals surface area contributed by atoms with Crippen molar-refractivity contribution in [3.63, 3.8) is 0 Å². The summed E-state index contributed by atoms with van der Waals surface area (Å²) in [5.41, 5.74) is 0.909. The number of nitrogens with one attached hydrogen (secondary N) is 1. The van der Waals surface area contributed by atoms with Crippen LogP contribution in [0.5, 0.6) is 5.75 Å². The summed E-state index contributed by atoms with van der Waals surface area (Å²) in [7, 11) is 0.